The topological polar surface area (TPSA) is 88.3 Å². The Bertz CT molecular complexity index is 844. The molecule has 7 nitrogen and oxygen atoms in total. The highest BCUT2D eigenvalue weighted by Crippen LogP contribution is 2.29. The molecule has 0 fully saturated rings. The molecule has 0 aliphatic carbocycles. The quantitative estimate of drug-likeness (QED) is 0.690. The third-order valence-electron chi connectivity index (χ3n) is 3.33. The van der Waals surface area contributed by atoms with Gasteiger partial charge in [-0.2, -0.15) is 0 Å². The highest BCUT2D eigenvalue weighted by Gasteiger charge is 2.09. The molecule has 23 heavy (non-hydrogen) atoms. The number of nitrogens with one attached hydrogen (secondary N) is 3. The number of amides is 2. The molecule has 2 aromatic carbocycles. The standard InChI is InChI=1S/C16H16N4O3/c1-22-11-4-6-15(23-2)14(8-11)20-16(21)19-10-3-5-12-13(7-10)18-9-17-12/h3-9H,1-2H3,(H,17,18)(H2,19,20,21). The third kappa shape index (κ3) is 3.18. The first-order valence-electron chi connectivity index (χ1n) is 6.93. The van der Waals surface area contributed by atoms with Crippen LogP contribution in [-0.2, 0) is 0 Å². The Morgan fingerprint density at radius 3 is 2.74 bits per heavy atom. The van der Waals surface area contributed by atoms with Crippen LogP contribution in [0.25, 0.3) is 11.0 Å². The number of nitrogens with zero attached hydrogens (tertiary/aromatic N) is 1. The van der Waals surface area contributed by atoms with Gasteiger partial charge >= 0.3 is 6.03 Å². The van der Waals surface area contributed by atoms with Gasteiger partial charge in [-0.3, -0.25) is 0 Å². The normalized spacial score (nSPS) is 10.3. The second kappa shape index (κ2) is 6.27. The molecule has 7 heteroatoms. The number of hydrogen-bond acceptors (Lipinski definition) is 4. The van der Waals surface area contributed by atoms with E-state index in [0.29, 0.717) is 22.9 Å². The van der Waals surface area contributed by atoms with Crippen LogP contribution in [0.2, 0.25) is 0 Å². The minimum Gasteiger partial charge on any atom is -0.497 e. The number of H-pyrrole nitrogens is 1. The van der Waals surface area contributed by atoms with Crippen molar-refractivity contribution >= 4 is 28.4 Å². The number of benzene rings is 2. The fourth-order valence-corrected chi connectivity index (χ4v) is 2.21. The van der Waals surface area contributed by atoms with E-state index in [1.165, 1.54) is 7.11 Å². The SMILES string of the molecule is COc1ccc(OC)c(NC(=O)Nc2ccc3nc[nH]c3c2)c1. The highest BCUT2D eigenvalue weighted by atomic mass is 16.5. The predicted octanol–water partition coefficient (Wildman–Crippen LogP) is 3.22. The number of carbonyl (C=O) groups is 1. The van der Waals surface area contributed by atoms with Gasteiger partial charge in [-0.05, 0) is 30.3 Å². The van der Waals surface area contributed by atoms with E-state index in [4.69, 9.17) is 9.47 Å². The van der Waals surface area contributed by atoms with Gasteiger partial charge in [0.05, 0.1) is 37.3 Å². The molecule has 3 N–H and O–H groups in total. The maximum absolute atomic E-state index is 12.2. The molecule has 0 saturated carbocycles. The molecule has 0 aliphatic rings. The zero-order valence-corrected chi connectivity index (χ0v) is 12.7. The largest absolute Gasteiger partial charge is 0.497 e. The number of imidazole rings is 1. The van der Waals surface area contributed by atoms with Crippen molar-refractivity contribution in [3.8, 4) is 11.5 Å². The van der Waals surface area contributed by atoms with E-state index in [1.807, 2.05) is 12.1 Å². The number of rotatable bonds is 4. The molecule has 0 unspecified atom stereocenters. The summed E-state index contributed by atoms with van der Waals surface area (Å²) in [5, 5.41) is 5.51. The molecule has 1 aromatic heterocycles. The lowest BCUT2D eigenvalue weighted by Crippen LogP contribution is -2.19. The van der Waals surface area contributed by atoms with Gasteiger partial charge in [0, 0.05) is 11.8 Å². The molecule has 0 aliphatic heterocycles. The van der Waals surface area contributed by atoms with E-state index in [-0.39, 0.29) is 6.03 Å². The van der Waals surface area contributed by atoms with Gasteiger partial charge in [-0.1, -0.05) is 0 Å². The van der Waals surface area contributed by atoms with E-state index in [1.54, 1.807) is 37.7 Å². The van der Waals surface area contributed by atoms with Crippen molar-refractivity contribution in [2.45, 2.75) is 0 Å². The lowest BCUT2D eigenvalue weighted by Gasteiger charge is -2.12. The number of methoxy groups -OCH3 is 2. The van der Waals surface area contributed by atoms with Gasteiger partial charge in [-0.25, -0.2) is 9.78 Å². The maximum Gasteiger partial charge on any atom is 0.323 e. The van der Waals surface area contributed by atoms with Gasteiger partial charge in [0.2, 0.25) is 0 Å². The summed E-state index contributed by atoms with van der Waals surface area (Å²) in [5.41, 5.74) is 2.86. The van der Waals surface area contributed by atoms with Crippen LogP contribution in [0.15, 0.2) is 42.7 Å². The van der Waals surface area contributed by atoms with Gasteiger partial charge in [0.15, 0.2) is 0 Å². The summed E-state index contributed by atoms with van der Waals surface area (Å²) in [6.07, 6.45) is 1.61. The zero-order valence-electron chi connectivity index (χ0n) is 12.7. The van der Waals surface area contributed by atoms with E-state index < -0.39 is 0 Å². The molecule has 3 rings (SSSR count). The van der Waals surface area contributed by atoms with Crippen molar-refractivity contribution < 1.29 is 14.3 Å². The first kappa shape index (κ1) is 14.7. The number of urea groups is 1. The van der Waals surface area contributed by atoms with Crippen LogP contribution >= 0.6 is 0 Å². The van der Waals surface area contributed by atoms with Crippen LogP contribution in [-0.4, -0.2) is 30.2 Å². The van der Waals surface area contributed by atoms with Crippen LogP contribution in [0.4, 0.5) is 16.2 Å². The number of hydrogen-bond donors (Lipinski definition) is 3. The Morgan fingerprint density at radius 1 is 1.09 bits per heavy atom. The fraction of sp³-hybridized carbons (Fsp3) is 0.125. The van der Waals surface area contributed by atoms with Crippen molar-refractivity contribution in [3.05, 3.63) is 42.7 Å². The van der Waals surface area contributed by atoms with Crippen LogP contribution in [0, 0.1) is 0 Å². The Balaban J connectivity index is 1.76. The van der Waals surface area contributed by atoms with Crippen molar-refractivity contribution in [1.82, 2.24) is 9.97 Å². The van der Waals surface area contributed by atoms with E-state index in [2.05, 4.69) is 20.6 Å². The number of anilines is 2. The average Bonchev–Trinajstić information content (AvgIpc) is 3.02. The second-order valence-corrected chi connectivity index (χ2v) is 4.78. The first-order valence-corrected chi connectivity index (χ1v) is 6.93. The summed E-state index contributed by atoms with van der Waals surface area (Å²) in [5.74, 6) is 1.17. The third-order valence-corrected chi connectivity index (χ3v) is 3.33. The molecule has 3 aromatic rings. The van der Waals surface area contributed by atoms with E-state index >= 15 is 0 Å². The van der Waals surface area contributed by atoms with Crippen LogP contribution in [0.3, 0.4) is 0 Å². The Kier molecular flexibility index (Phi) is 4.01. The predicted molar refractivity (Wildman–Crippen MR) is 88.3 cm³/mol. The first-order chi connectivity index (χ1) is 11.2. The molecule has 0 atom stereocenters. The van der Waals surface area contributed by atoms with Gasteiger partial charge in [0.25, 0.3) is 0 Å². The minimum atomic E-state index is -0.379. The lowest BCUT2D eigenvalue weighted by molar-refractivity contribution is 0.262. The Labute approximate surface area is 132 Å². The zero-order chi connectivity index (χ0) is 16.2. The number of aromatic amines is 1. The number of carbonyl (C=O) groups excluding carboxylic acids is 1. The fourth-order valence-electron chi connectivity index (χ4n) is 2.21. The summed E-state index contributed by atoms with van der Waals surface area (Å²) in [6.45, 7) is 0. The van der Waals surface area contributed by atoms with Gasteiger partial charge in [-0.15, -0.1) is 0 Å². The molecule has 118 valence electrons. The van der Waals surface area contributed by atoms with E-state index in [9.17, 15) is 4.79 Å². The van der Waals surface area contributed by atoms with Crippen molar-refractivity contribution in [1.29, 1.82) is 0 Å². The smallest absolute Gasteiger partial charge is 0.323 e. The van der Waals surface area contributed by atoms with Crippen molar-refractivity contribution in [3.63, 3.8) is 0 Å². The number of aromatic nitrogens is 2. The molecule has 0 spiro atoms. The maximum atomic E-state index is 12.2. The van der Waals surface area contributed by atoms with Crippen LogP contribution in [0.5, 0.6) is 11.5 Å². The Hall–Kier alpha value is -3.22. The van der Waals surface area contributed by atoms with Gasteiger partial charge < -0.3 is 25.1 Å². The minimum absolute atomic E-state index is 0.379. The number of ether oxygens (including phenoxy) is 2. The molecule has 2 amide bonds. The van der Waals surface area contributed by atoms with Crippen LogP contribution < -0.4 is 20.1 Å². The molecular weight excluding hydrogens is 296 g/mol. The van der Waals surface area contributed by atoms with Crippen molar-refractivity contribution in [2.24, 2.45) is 0 Å². The molecular formula is C16H16N4O3. The Morgan fingerprint density at radius 2 is 1.96 bits per heavy atom. The molecule has 1 heterocycles. The monoisotopic (exact) mass is 312 g/mol. The van der Waals surface area contributed by atoms with E-state index in [0.717, 1.165) is 11.0 Å². The van der Waals surface area contributed by atoms with Crippen molar-refractivity contribution in [2.75, 3.05) is 24.9 Å². The summed E-state index contributed by atoms with van der Waals surface area (Å²) >= 11 is 0. The molecule has 0 saturated heterocycles. The highest BCUT2D eigenvalue weighted by molar-refractivity contribution is 6.01. The molecule has 0 bridgehead atoms. The van der Waals surface area contributed by atoms with Crippen LogP contribution in [0.1, 0.15) is 0 Å². The lowest BCUT2D eigenvalue weighted by atomic mass is 10.2. The second-order valence-electron chi connectivity index (χ2n) is 4.78. The molecule has 0 radical (unpaired) electrons. The summed E-state index contributed by atoms with van der Waals surface area (Å²) in [4.78, 5) is 19.3. The van der Waals surface area contributed by atoms with Gasteiger partial charge in [0.1, 0.15) is 11.5 Å². The summed E-state index contributed by atoms with van der Waals surface area (Å²) in [7, 11) is 3.10. The summed E-state index contributed by atoms with van der Waals surface area (Å²) < 4.78 is 10.4. The summed E-state index contributed by atoms with van der Waals surface area (Å²) in [6, 6.07) is 10.2. The average molecular weight is 312 g/mol. The number of fused-ring (bicyclic) bond motifs is 1.